The lowest BCUT2D eigenvalue weighted by molar-refractivity contribution is -0.135. The smallest absolute Gasteiger partial charge is 0.313 e. The summed E-state index contributed by atoms with van der Waals surface area (Å²) in [6.45, 7) is 0. The van der Waals surface area contributed by atoms with Crippen LogP contribution in [0.1, 0.15) is 0 Å². The molecule has 6 rings (SSSR count). The third kappa shape index (κ3) is 13.7. The number of hydrogen-bond acceptors (Lipinski definition) is 18. The summed E-state index contributed by atoms with van der Waals surface area (Å²) in [6, 6.07) is 19.7. The lowest BCUT2D eigenvalue weighted by Crippen LogP contribution is -2.00. The second kappa shape index (κ2) is 24.4. The number of rotatable bonds is 18. The highest BCUT2D eigenvalue weighted by Gasteiger charge is 2.24. The molecule has 0 aliphatic heterocycles. The van der Waals surface area contributed by atoms with Crippen molar-refractivity contribution in [1.29, 1.82) is 0 Å². The number of benzene rings is 6. The number of carboxylic acid groups (broad SMARTS) is 6. The third-order valence-corrected chi connectivity index (χ3v) is 15.1. The first-order valence-electron chi connectivity index (χ1n) is 18.2. The zero-order chi connectivity index (χ0) is 48.8. The molecule has 0 fully saturated rings. The van der Waals surface area contributed by atoms with Crippen LogP contribution in [0.15, 0.2) is 102 Å². The van der Waals surface area contributed by atoms with E-state index in [2.05, 4.69) is 0 Å². The Balaban J connectivity index is 0.000000216. The molecule has 0 aliphatic rings. The van der Waals surface area contributed by atoms with Gasteiger partial charge in [0.1, 0.15) is 34.5 Å². The first-order valence-corrected chi connectivity index (χ1v) is 24.1. The molecule has 0 saturated heterocycles. The lowest BCUT2D eigenvalue weighted by Gasteiger charge is -2.15. The summed E-state index contributed by atoms with van der Waals surface area (Å²) in [5.74, 6) is -9.30. The van der Waals surface area contributed by atoms with Crippen molar-refractivity contribution in [1.82, 2.24) is 0 Å². The van der Waals surface area contributed by atoms with Crippen LogP contribution >= 0.6 is 70.6 Å². The number of aliphatic carboxylic acids is 6. The van der Waals surface area contributed by atoms with E-state index >= 15 is 0 Å². The van der Waals surface area contributed by atoms with E-state index in [1.807, 2.05) is 0 Å². The number of phenolic OH excluding ortho intramolecular Hbond substituents is 6. The second-order valence-electron chi connectivity index (χ2n) is 12.8. The summed E-state index contributed by atoms with van der Waals surface area (Å²) in [6.07, 6.45) is 0. The quantitative estimate of drug-likeness (QED) is 0.0288. The van der Waals surface area contributed by atoms with Crippen LogP contribution in [-0.2, 0) is 28.8 Å². The SMILES string of the molecule is O=C(O)CSc1c(SCC(=O)O)c(O)c2ccccc2c1O.O=C(O)CSc1c(SCC(=O)O)c(O)c2ccccc2c1O.O=C(O)CSc1c(SCC(=O)O)c(O)c2ccccc2c1O. The fraction of sp³-hybridized carbons (Fsp3) is 0.143. The molecule has 0 bridgehead atoms. The van der Waals surface area contributed by atoms with Gasteiger partial charge in [0.2, 0.25) is 0 Å². The Morgan fingerprint density at radius 2 is 0.394 bits per heavy atom. The van der Waals surface area contributed by atoms with Gasteiger partial charge in [-0.25, -0.2) is 0 Å². The van der Waals surface area contributed by atoms with Gasteiger partial charge in [0, 0.05) is 32.3 Å². The zero-order valence-electron chi connectivity index (χ0n) is 33.4. The van der Waals surface area contributed by atoms with Crippen molar-refractivity contribution in [2.24, 2.45) is 0 Å². The molecule has 6 aromatic rings. The van der Waals surface area contributed by atoms with Crippen LogP contribution in [0.3, 0.4) is 0 Å². The van der Waals surface area contributed by atoms with Crippen LogP contribution in [-0.4, -0.2) is 132 Å². The molecule has 0 aliphatic carbocycles. The van der Waals surface area contributed by atoms with Crippen LogP contribution in [0.4, 0.5) is 0 Å². The van der Waals surface area contributed by atoms with Gasteiger partial charge >= 0.3 is 35.8 Å². The van der Waals surface area contributed by atoms with Crippen molar-refractivity contribution in [3.05, 3.63) is 72.8 Å². The van der Waals surface area contributed by atoms with Crippen molar-refractivity contribution in [3.63, 3.8) is 0 Å². The first kappa shape index (κ1) is 52.4. The molecule has 0 radical (unpaired) electrons. The normalized spacial score (nSPS) is 10.7. The van der Waals surface area contributed by atoms with Gasteiger partial charge in [0.15, 0.2) is 0 Å². The van der Waals surface area contributed by atoms with E-state index in [0.717, 1.165) is 70.6 Å². The van der Waals surface area contributed by atoms with Gasteiger partial charge in [-0.05, 0) is 0 Å². The summed E-state index contributed by atoms with van der Waals surface area (Å²) in [5.41, 5.74) is 0. The fourth-order valence-electron chi connectivity index (χ4n) is 5.67. The van der Waals surface area contributed by atoms with Crippen molar-refractivity contribution >= 4 is 139 Å². The van der Waals surface area contributed by atoms with Crippen LogP contribution in [0.25, 0.3) is 32.3 Å². The maximum atomic E-state index is 10.7. The van der Waals surface area contributed by atoms with Gasteiger partial charge in [0.25, 0.3) is 0 Å². The Morgan fingerprint density at radius 3 is 0.500 bits per heavy atom. The molecular formula is C42H36O18S6. The molecule has 0 atom stereocenters. The van der Waals surface area contributed by atoms with Crippen molar-refractivity contribution in [3.8, 4) is 34.5 Å². The van der Waals surface area contributed by atoms with Crippen LogP contribution in [0.5, 0.6) is 34.5 Å². The van der Waals surface area contributed by atoms with E-state index in [0.29, 0.717) is 32.3 Å². The number of phenols is 6. The van der Waals surface area contributed by atoms with Gasteiger partial charge in [-0.1, -0.05) is 72.8 Å². The molecule has 0 amide bonds. The van der Waals surface area contributed by atoms with Crippen LogP contribution < -0.4 is 0 Å². The second-order valence-corrected chi connectivity index (χ2v) is 18.7. The third-order valence-electron chi connectivity index (χ3n) is 8.26. The maximum absolute atomic E-state index is 10.7. The summed E-state index contributed by atoms with van der Waals surface area (Å²) < 4.78 is 0. The fourth-order valence-corrected chi connectivity index (χ4v) is 11.2. The van der Waals surface area contributed by atoms with E-state index in [-0.39, 0.29) is 98.4 Å². The predicted molar refractivity (Wildman–Crippen MR) is 252 cm³/mol. The number of thioether (sulfide) groups is 6. The summed E-state index contributed by atoms with van der Waals surface area (Å²) in [4.78, 5) is 65.5. The van der Waals surface area contributed by atoms with Crippen LogP contribution in [0.2, 0.25) is 0 Å². The molecule has 0 saturated carbocycles. The number of carboxylic acids is 6. The maximum Gasteiger partial charge on any atom is 0.313 e. The standard InChI is InChI=1S/3C14H12O6S2/c3*15-9(16)5-21-13-11(19)7-3-1-2-4-8(7)12(20)14(13)22-6-10(17)18/h3*1-4,19-20H,5-6H2,(H,15,16)(H,17,18). The highest BCUT2D eigenvalue weighted by Crippen LogP contribution is 2.51. The Hall–Kier alpha value is -6.18. The molecule has 18 nitrogen and oxygen atoms in total. The zero-order valence-corrected chi connectivity index (χ0v) is 38.3. The Kier molecular flexibility index (Phi) is 19.4. The van der Waals surface area contributed by atoms with E-state index < -0.39 is 35.8 Å². The number of hydrogen-bond donors (Lipinski definition) is 12. The lowest BCUT2D eigenvalue weighted by atomic mass is 10.1. The van der Waals surface area contributed by atoms with E-state index in [1.165, 1.54) is 0 Å². The van der Waals surface area contributed by atoms with E-state index in [4.69, 9.17) is 30.6 Å². The van der Waals surface area contributed by atoms with E-state index in [9.17, 15) is 59.4 Å². The highest BCUT2D eigenvalue weighted by atomic mass is 32.2. The summed E-state index contributed by atoms with van der Waals surface area (Å²) >= 11 is 5.03. The van der Waals surface area contributed by atoms with Crippen LogP contribution in [0, 0.1) is 0 Å². The molecule has 0 spiro atoms. The molecule has 0 aromatic heterocycles. The van der Waals surface area contributed by atoms with Gasteiger partial charge < -0.3 is 61.3 Å². The molecule has 0 heterocycles. The van der Waals surface area contributed by atoms with Crippen molar-refractivity contribution < 1.29 is 90.0 Å². The summed E-state index contributed by atoms with van der Waals surface area (Å²) in [5, 5.41) is 117. The molecular weight excluding hydrogens is 985 g/mol. The molecule has 0 unspecified atom stereocenters. The molecule has 6 aromatic carbocycles. The number of aromatic hydroxyl groups is 6. The Bertz CT molecular complexity index is 2350. The minimum absolute atomic E-state index is 0.160. The molecule has 66 heavy (non-hydrogen) atoms. The van der Waals surface area contributed by atoms with Gasteiger partial charge in [-0.3, -0.25) is 28.8 Å². The minimum Gasteiger partial charge on any atom is -0.506 e. The monoisotopic (exact) mass is 1020 g/mol. The molecule has 12 N–H and O–H groups in total. The topological polar surface area (TPSA) is 345 Å². The van der Waals surface area contributed by atoms with Gasteiger partial charge in [-0.2, -0.15) is 0 Å². The first-order chi connectivity index (χ1) is 31.2. The highest BCUT2D eigenvalue weighted by molar-refractivity contribution is 8.04. The Morgan fingerprint density at radius 1 is 0.273 bits per heavy atom. The van der Waals surface area contributed by atoms with Crippen molar-refractivity contribution in [2.45, 2.75) is 29.4 Å². The summed E-state index contributed by atoms with van der Waals surface area (Å²) in [7, 11) is 0. The number of fused-ring (bicyclic) bond motifs is 3. The molecule has 24 heteroatoms. The Labute approximate surface area is 397 Å². The largest absolute Gasteiger partial charge is 0.506 e. The molecule has 348 valence electrons. The predicted octanol–water partition coefficient (Wildman–Crippen LogP) is 7.81. The number of carbonyl (C=O) groups is 6. The minimum atomic E-state index is -1.08. The van der Waals surface area contributed by atoms with Gasteiger partial charge in [-0.15, -0.1) is 70.6 Å². The average molecular weight is 1020 g/mol. The van der Waals surface area contributed by atoms with E-state index in [1.54, 1.807) is 72.8 Å². The average Bonchev–Trinajstić information content (AvgIpc) is 3.27. The van der Waals surface area contributed by atoms with Gasteiger partial charge in [0.05, 0.1) is 63.9 Å². The van der Waals surface area contributed by atoms with Crippen molar-refractivity contribution in [2.75, 3.05) is 34.5 Å².